The Morgan fingerprint density at radius 3 is 1.12 bits per heavy atom. The second-order valence-electron chi connectivity index (χ2n) is 11.7. The summed E-state index contributed by atoms with van der Waals surface area (Å²) in [5.41, 5.74) is 2.94. The number of hydrazone groups is 2. The van der Waals surface area contributed by atoms with E-state index in [1.807, 2.05) is 0 Å². The molecular formula is C34H24N4O14S4. The molecule has 6 N–H and O–H groups in total. The number of Topliss-reactive ketones (excluding diaryl/α,β-unsaturated/α-hetero) is 2. The van der Waals surface area contributed by atoms with Crippen molar-refractivity contribution in [3.63, 3.8) is 0 Å². The molecule has 288 valence electrons. The standard InChI is InChI=1S/C34H24N4O14S4/c39-33-25-7-3-1-5-23(25)31(55(47,48)49)17-27(33)37-35-21-13-11-19(29(15-21)53(41,42)43)9-10-20-12-14-22(16-30(20)54(44,45)46)36-38-28-18-32(56(50,51)52)24-6-2-4-8-26(24)34(28)40/h1-18,35-36H,(H,41,42,43)(H,44,45,46)(H,47,48,49)(H,50,51,52)/b10-9?,37-27+,38-28+. The molecule has 0 unspecified atom stereocenters. The van der Waals surface area contributed by atoms with Crippen LogP contribution in [0, 0.1) is 0 Å². The maximum Gasteiger partial charge on any atom is 0.295 e. The van der Waals surface area contributed by atoms with Crippen LogP contribution >= 0.6 is 0 Å². The van der Waals surface area contributed by atoms with Crippen LogP contribution < -0.4 is 10.9 Å². The largest absolute Gasteiger partial charge is 0.295 e. The molecule has 0 saturated heterocycles. The van der Waals surface area contributed by atoms with Gasteiger partial charge >= 0.3 is 0 Å². The van der Waals surface area contributed by atoms with Crippen LogP contribution in [0.1, 0.15) is 43.0 Å². The Hall–Kier alpha value is -5.98. The number of allylic oxidation sites excluding steroid dienone is 2. The molecule has 0 atom stereocenters. The third kappa shape index (κ3) is 8.31. The average Bonchev–Trinajstić information content (AvgIpc) is 3.12. The highest BCUT2D eigenvalue weighted by molar-refractivity contribution is 7.95. The molecule has 0 bridgehead atoms. The lowest BCUT2D eigenvalue weighted by Gasteiger charge is -2.16. The molecule has 0 aromatic heterocycles. The normalized spacial score (nSPS) is 16.4. The third-order valence-corrected chi connectivity index (χ3v) is 11.7. The van der Waals surface area contributed by atoms with Gasteiger partial charge in [0.15, 0.2) is 0 Å². The van der Waals surface area contributed by atoms with Crippen molar-refractivity contribution in [1.82, 2.24) is 0 Å². The minimum Gasteiger partial charge on any atom is -0.287 e. The summed E-state index contributed by atoms with van der Waals surface area (Å²) in [4.78, 5) is 23.3. The maximum atomic E-state index is 13.0. The summed E-state index contributed by atoms with van der Waals surface area (Å²) in [6, 6.07) is 17.7. The van der Waals surface area contributed by atoms with Crippen LogP contribution in [0.3, 0.4) is 0 Å². The highest BCUT2D eigenvalue weighted by Gasteiger charge is 2.31. The van der Waals surface area contributed by atoms with Crippen molar-refractivity contribution < 1.29 is 61.5 Å². The molecule has 0 saturated carbocycles. The van der Waals surface area contributed by atoms with Gasteiger partial charge in [-0.2, -0.15) is 43.9 Å². The Balaban J connectivity index is 1.30. The van der Waals surface area contributed by atoms with Crippen molar-refractivity contribution in [1.29, 1.82) is 0 Å². The van der Waals surface area contributed by atoms with E-state index in [2.05, 4.69) is 21.1 Å². The van der Waals surface area contributed by atoms with Gasteiger partial charge < -0.3 is 0 Å². The van der Waals surface area contributed by atoms with E-state index in [-0.39, 0.29) is 44.8 Å². The van der Waals surface area contributed by atoms with E-state index in [4.69, 9.17) is 0 Å². The molecule has 0 heterocycles. The lowest BCUT2D eigenvalue weighted by atomic mass is 9.95. The Bertz CT molecular complexity index is 2800. The van der Waals surface area contributed by atoms with Gasteiger partial charge in [-0.1, -0.05) is 72.8 Å². The maximum absolute atomic E-state index is 13.0. The Labute approximate surface area is 318 Å². The van der Waals surface area contributed by atoms with Crippen LogP contribution in [0.4, 0.5) is 11.4 Å². The molecular weight excluding hydrogens is 817 g/mol. The van der Waals surface area contributed by atoms with Gasteiger partial charge in [0, 0.05) is 22.3 Å². The van der Waals surface area contributed by atoms with Crippen molar-refractivity contribution >= 4 is 96.8 Å². The molecule has 0 aliphatic heterocycles. The summed E-state index contributed by atoms with van der Waals surface area (Å²) < 4.78 is 137. The summed E-state index contributed by atoms with van der Waals surface area (Å²) in [7, 11) is -19.6. The van der Waals surface area contributed by atoms with Crippen molar-refractivity contribution in [3.8, 4) is 0 Å². The number of nitrogens with one attached hydrogen (secondary N) is 2. The van der Waals surface area contributed by atoms with Gasteiger partial charge in [0.05, 0.1) is 11.4 Å². The number of hydrogen-bond acceptors (Lipinski definition) is 14. The molecule has 4 aromatic rings. The van der Waals surface area contributed by atoms with Crippen LogP contribution in [0.2, 0.25) is 0 Å². The zero-order valence-corrected chi connectivity index (χ0v) is 31.1. The van der Waals surface area contributed by atoms with Crippen LogP contribution in [-0.4, -0.2) is 74.9 Å². The van der Waals surface area contributed by atoms with E-state index in [1.165, 1.54) is 60.7 Å². The monoisotopic (exact) mass is 840 g/mol. The van der Waals surface area contributed by atoms with Gasteiger partial charge in [-0.05, 0) is 47.5 Å². The molecule has 4 aromatic carbocycles. The third-order valence-electron chi connectivity index (χ3n) is 8.07. The molecule has 18 nitrogen and oxygen atoms in total. The zero-order chi connectivity index (χ0) is 40.8. The number of fused-ring (bicyclic) bond motifs is 2. The number of carbonyl (C=O) groups excluding carboxylic acids is 2. The summed E-state index contributed by atoms with van der Waals surface area (Å²) >= 11 is 0. The van der Waals surface area contributed by atoms with Crippen LogP contribution in [0.15, 0.2) is 117 Å². The van der Waals surface area contributed by atoms with Crippen LogP contribution in [-0.2, 0) is 40.5 Å². The molecule has 0 fully saturated rings. The van der Waals surface area contributed by atoms with E-state index in [1.54, 1.807) is 0 Å². The highest BCUT2D eigenvalue weighted by Crippen LogP contribution is 2.31. The first-order valence-electron chi connectivity index (χ1n) is 15.4. The van der Waals surface area contributed by atoms with Gasteiger partial charge in [0.2, 0.25) is 11.6 Å². The second-order valence-corrected chi connectivity index (χ2v) is 17.3. The summed E-state index contributed by atoms with van der Waals surface area (Å²) in [6.45, 7) is 0. The summed E-state index contributed by atoms with van der Waals surface area (Å²) in [5, 5.41) is 7.73. The number of hydrogen-bond donors (Lipinski definition) is 6. The smallest absolute Gasteiger partial charge is 0.287 e. The van der Waals surface area contributed by atoms with E-state index in [9.17, 15) is 61.5 Å². The lowest BCUT2D eigenvalue weighted by molar-refractivity contribution is 0.105. The highest BCUT2D eigenvalue weighted by atomic mass is 32.2. The molecule has 0 radical (unpaired) electrons. The number of benzene rings is 4. The Morgan fingerprint density at radius 2 is 0.804 bits per heavy atom. The van der Waals surface area contributed by atoms with Crippen LogP contribution in [0.25, 0.3) is 22.0 Å². The van der Waals surface area contributed by atoms with Gasteiger partial charge in [-0.15, -0.1) is 0 Å². The molecule has 2 aliphatic carbocycles. The van der Waals surface area contributed by atoms with Crippen molar-refractivity contribution in [2.45, 2.75) is 9.79 Å². The van der Waals surface area contributed by atoms with Gasteiger partial charge in [0.1, 0.15) is 31.0 Å². The van der Waals surface area contributed by atoms with Gasteiger partial charge in [-0.25, -0.2) is 0 Å². The number of rotatable bonds is 10. The first kappa shape index (κ1) is 39.7. The fourth-order valence-corrected chi connectivity index (χ4v) is 8.41. The predicted molar refractivity (Wildman–Crippen MR) is 204 cm³/mol. The SMILES string of the molecule is O=C1/C(=N/Nc2ccc(C=Cc3ccc(N/N=C4\C=C(S(=O)(=O)O)c5ccccc5C4=O)cc3S(=O)(=O)O)c(S(=O)(=O)O)c2)C=C(S(=O)(=O)O)c2ccccc21. The van der Waals surface area contributed by atoms with Crippen LogP contribution in [0.5, 0.6) is 0 Å². The average molecular weight is 841 g/mol. The molecule has 0 amide bonds. The van der Waals surface area contributed by atoms with E-state index in [0.717, 1.165) is 48.6 Å². The van der Waals surface area contributed by atoms with E-state index >= 15 is 0 Å². The van der Waals surface area contributed by atoms with E-state index < -0.39 is 83.1 Å². The van der Waals surface area contributed by atoms with Crippen molar-refractivity contribution in [3.05, 3.63) is 130 Å². The molecule has 22 heteroatoms. The number of ketones is 2. The van der Waals surface area contributed by atoms with E-state index in [0.29, 0.717) is 0 Å². The molecule has 0 spiro atoms. The lowest BCUT2D eigenvalue weighted by Crippen LogP contribution is -2.22. The van der Waals surface area contributed by atoms with Gasteiger partial charge in [0.25, 0.3) is 40.5 Å². The quantitative estimate of drug-likeness (QED) is 0.0743. The minimum absolute atomic E-state index is 0.0578. The molecule has 56 heavy (non-hydrogen) atoms. The Kier molecular flexibility index (Phi) is 10.3. The second kappa shape index (κ2) is 14.6. The first-order chi connectivity index (χ1) is 26.1. The number of nitrogens with zero attached hydrogens (tertiary/aromatic N) is 2. The molecule has 6 rings (SSSR count). The fraction of sp³-hybridized carbons (Fsp3) is 0. The first-order valence-corrected chi connectivity index (χ1v) is 21.1. The minimum atomic E-state index is -4.99. The number of anilines is 2. The zero-order valence-electron chi connectivity index (χ0n) is 27.8. The summed E-state index contributed by atoms with van der Waals surface area (Å²) in [5.74, 6) is -1.45. The fourth-order valence-electron chi connectivity index (χ4n) is 5.55. The van der Waals surface area contributed by atoms with Crippen molar-refractivity contribution in [2.24, 2.45) is 10.2 Å². The topological polar surface area (TPSA) is 300 Å². The van der Waals surface area contributed by atoms with Gasteiger partial charge in [-0.3, -0.25) is 38.7 Å². The molecule has 2 aliphatic rings. The number of carbonyl (C=O) groups is 2. The van der Waals surface area contributed by atoms with Crippen molar-refractivity contribution in [2.75, 3.05) is 10.9 Å². The predicted octanol–water partition coefficient (Wildman–Crippen LogP) is 4.14. The Morgan fingerprint density at radius 1 is 0.464 bits per heavy atom. The summed E-state index contributed by atoms with van der Waals surface area (Å²) in [6.07, 6.45) is 3.80.